The van der Waals surface area contributed by atoms with Crippen LogP contribution in [0.15, 0.2) is 0 Å². The zero-order valence-electron chi connectivity index (χ0n) is 10.9. The van der Waals surface area contributed by atoms with Crippen LogP contribution in [0.25, 0.3) is 0 Å². The Labute approximate surface area is 105 Å². The number of hydrogen-bond donors (Lipinski definition) is 2. The standard InChI is InChI=1S/C13H27N3O/c14-12-3-1-4-13(11-12)16-6-2-5-15(7-8-16)9-10-17/h12-13,17H,1-11,14H2. The Hall–Kier alpha value is -0.160. The molecule has 0 aromatic heterocycles. The van der Waals surface area contributed by atoms with Gasteiger partial charge in [-0.3, -0.25) is 9.80 Å². The molecule has 2 aliphatic rings. The number of nitrogens with zero attached hydrogens (tertiary/aromatic N) is 2. The molecule has 1 saturated heterocycles. The lowest BCUT2D eigenvalue weighted by molar-refractivity contribution is 0.146. The van der Waals surface area contributed by atoms with Crippen LogP contribution >= 0.6 is 0 Å². The first kappa shape index (κ1) is 13.3. The highest BCUT2D eigenvalue weighted by atomic mass is 16.3. The van der Waals surface area contributed by atoms with Gasteiger partial charge < -0.3 is 10.8 Å². The summed E-state index contributed by atoms with van der Waals surface area (Å²) in [6, 6.07) is 1.14. The number of β-amino-alcohol motifs (C(OH)–C–C–N with tert-alkyl or cyclic N) is 1. The Bertz CT molecular complexity index is 225. The Morgan fingerprint density at radius 1 is 1.06 bits per heavy atom. The maximum atomic E-state index is 8.99. The van der Waals surface area contributed by atoms with Crippen molar-refractivity contribution in [1.82, 2.24) is 9.80 Å². The summed E-state index contributed by atoms with van der Waals surface area (Å²) in [6.07, 6.45) is 6.24. The van der Waals surface area contributed by atoms with Gasteiger partial charge in [-0.1, -0.05) is 6.42 Å². The van der Waals surface area contributed by atoms with Crippen LogP contribution in [-0.2, 0) is 0 Å². The molecule has 1 aliphatic heterocycles. The van der Waals surface area contributed by atoms with E-state index in [9.17, 15) is 0 Å². The lowest BCUT2D eigenvalue weighted by Gasteiger charge is -2.35. The molecule has 17 heavy (non-hydrogen) atoms. The van der Waals surface area contributed by atoms with Gasteiger partial charge >= 0.3 is 0 Å². The summed E-state index contributed by atoms with van der Waals surface area (Å²) < 4.78 is 0. The summed E-state index contributed by atoms with van der Waals surface area (Å²) in [5.41, 5.74) is 6.08. The fourth-order valence-corrected chi connectivity index (χ4v) is 3.25. The second-order valence-corrected chi connectivity index (χ2v) is 5.54. The average Bonchev–Trinajstić information content (AvgIpc) is 2.55. The van der Waals surface area contributed by atoms with Crippen LogP contribution in [0.1, 0.15) is 32.1 Å². The molecule has 0 spiro atoms. The smallest absolute Gasteiger partial charge is 0.0558 e. The molecule has 2 rings (SSSR count). The first-order valence-electron chi connectivity index (χ1n) is 7.12. The van der Waals surface area contributed by atoms with Crippen molar-refractivity contribution in [2.24, 2.45) is 5.73 Å². The summed E-state index contributed by atoms with van der Waals surface area (Å²) in [6.45, 7) is 5.71. The largest absolute Gasteiger partial charge is 0.395 e. The van der Waals surface area contributed by atoms with E-state index >= 15 is 0 Å². The van der Waals surface area contributed by atoms with E-state index < -0.39 is 0 Å². The maximum absolute atomic E-state index is 8.99. The molecule has 1 heterocycles. The zero-order valence-corrected chi connectivity index (χ0v) is 10.9. The minimum atomic E-state index is 0.286. The summed E-state index contributed by atoms with van der Waals surface area (Å²) in [5, 5.41) is 8.99. The molecule has 3 N–H and O–H groups in total. The van der Waals surface area contributed by atoms with Gasteiger partial charge in [0.2, 0.25) is 0 Å². The Balaban J connectivity index is 1.81. The molecule has 1 aliphatic carbocycles. The van der Waals surface area contributed by atoms with E-state index in [4.69, 9.17) is 10.8 Å². The SMILES string of the molecule is NC1CCCC(N2CCCN(CCO)CC2)C1. The first-order chi connectivity index (χ1) is 8.29. The summed E-state index contributed by atoms with van der Waals surface area (Å²) in [4.78, 5) is 5.01. The highest BCUT2D eigenvalue weighted by molar-refractivity contribution is 4.84. The van der Waals surface area contributed by atoms with E-state index in [-0.39, 0.29) is 6.61 Å². The normalized spacial score (nSPS) is 33.5. The van der Waals surface area contributed by atoms with Crippen LogP contribution in [0.5, 0.6) is 0 Å². The molecule has 4 heteroatoms. The van der Waals surface area contributed by atoms with Crippen molar-refractivity contribution in [3.05, 3.63) is 0 Å². The third-order valence-corrected chi connectivity index (χ3v) is 4.24. The van der Waals surface area contributed by atoms with Crippen LogP contribution in [0.3, 0.4) is 0 Å². The van der Waals surface area contributed by atoms with Gasteiger partial charge in [-0.15, -0.1) is 0 Å². The van der Waals surface area contributed by atoms with Gasteiger partial charge in [0.15, 0.2) is 0 Å². The number of rotatable bonds is 3. The van der Waals surface area contributed by atoms with Crippen LogP contribution < -0.4 is 5.73 Å². The monoisotopic (exact) mass is 241 g/mol. The maximum Gasteiger partial charge on any atom is 0.0558 e. The Morgan fingerprint density at radius 3 is 2.71 bits per heavy atom. The van der Waals surface area contributed by atoms with Gasteiger partial charge in [0.1, 0.15) is 0 Å². The van der Waals surface area contributed by atoms with Gasteiger partial charge in [-0.05, 0) is 38.8 Å². The lowest BCUT2D eigenvalue weighted by atomic mass is 9.90. The molecule has 0 amide bonds. The molecule has 4 nitrogen and oxygen atoms in total. The van der Waals surface area contributed by atoms with E-state index in [0.29, 0.717) is 12.1 Å². The lowest BCUT2D eigenvalue weighted by Crippen LogP contribution is -2.44. The predicted octanol–water partition coefficient (Wildman–Crippen LogP) is 0.256. The second-order valence-electron chi connectivity index (χ2n) is 5.54. The summed E-state index contributed by atoms with van der Waals surface area (Å²) in [7, 11) is 0. The van der Waals surface area contributed by atoms with Gasteiger partial charge in [0, 0.05) is 31.7 Å². The van der Waals surface area contributed by atoms with E-state index in [0.717, 1.165) is 26.2 Å². The van der Waals surface area contributed by atoms with Crippen molar-refractivity contribution < 1.29 is 5.11 Å². The van der Waals surface area contributed by atoms with E-state index in [1.54, 1.807) is 0 Å². The van der Waals surface area contributed by atoms with Crippen LogP contribution in [0.2, 0.25) is 0 Å². The van der Waals surface area contributed by atoms with Crippen molar-refractivity contribution in [3.8, 4) is 0 Å². The van der Waals surface area contributed by atoms with Crippen molar-refractivity contribution in [1.29, 1.82) is 0 Å². The van der Waals surface area contributed by atoms with Gasteiger partial charge in [0.05, 0.1) is 6.61 Å². The molecule has 2 unspecified atom stereocenters. The number of aliphatic hydroxyl groups excluding tert-OH is 1. The van der Waals surface area contributed by atoms with Crippen molar-refractivity contribution in [2.45, 2.75) is 44.2 Å². The molecule has 0 radical (unpaired) electrons. The third kappa shape index (κ3) is 3.91. The van der Waals surface area contributed by atoms with Gasteiger partial charge in [0.25, 0.3) is 0 Å². The zero-order chi connectivity index (χ0) is 12.1. The molecule has 0 aromatic carbocycles. The minimum absolute atomic E-state index is 0.286. The summed E-state index contributed by atoms with van der Waals surface area (Å²) >= 11 is 0. The highest BCUT2D eigenvalue weighted by Gasteiger charge is 2.26. The fourth-order valence-electron chi connectivity index (χ4n) is 3.25. The van der Waals surface area contributed by atoms with E-state index in [1.165, 1.54) is 38.6 Å². The topological polar surface area (TPSA) is 52.7 Å². The number of nitrogens with two attached hydrogens (primary N) is 1. The molecule has 2 fully saturated rings. The number of aliphatic hydroxyl groups is 1. The number of hydrogen-bond acceptors (Lipinski definition) is 4. The summed E-state index contributed by atoms with van der Waals surface area (Å²) in [5.74, 6) is 0. The van der Waals surface area contributed by atoms with Crippen molar-refractivity contribution >= 4 is 0 Å². The Kier molecular flexibility index (Phi) is 5.22. The third-order valence-electron chi connectivity index (χ3n) is 4.24. The molecule has 1 saturated carbocycles. The highest BCUT2D eigenvalue weighted by Crippen LogP contribution is 2.23. The fraction of sp³-hybridized carbons (Fsp3) is 1.00. The molecule has 0 aromatic rings. The van der Waals surface area contributed by atoms with Gasteiger partial charge in [-0.25, -0.2) is 0 Å². The average molecular weight is 241 g/mol. The Morgan fingerprint density at radius 2 is 1.94 bits per heavy atom. The van der Waals surface area contributed by atoms with E-state index in [1.807, 2.05) is 0 Å². The van der Waals surface area contributed by atoms with Crippen molar-refractivity contribution in [2.75, 3.05) is 39.3 Å². The van der Waals surface area contributed by atoms with E-state index in [2.05, 4.69) is 9.80 Å². The van der Waals surface area contributed by atoms with Crippen LogP contribution in [-0.4, -0.2) is 66.3 Å². The first-order valence-corrected chi connectivity index (χ1v) is 7.12. The molecule has 100 valence electrons. The molecule has 0 bridgehead atoms. The predicted molar refractivity (Wildman–Crippen MR) is 69.9 cm³/mol. The minimum Gasteiger partial charge on any atom is -0.395 e. The van der Waals surface area contributed by atoms with Crippen molar-refractivity contribution in [3.63, 3.8) is 0 Å². The molecular formula is C13H27N3O. The van der Waals surface area contributed by atoms with Gasteiger partial charge in [-0.2, -0.15) is 0 Å². The molecule has 2 atom stereocenters. The van der Waals surface area contributed by atoms with Crippen LogP contribution in [0.4, 0.5) is 0 Å². The molecular weight excluding hydrogens is 214 g/mol. The second kappa shape index (κ2) is 6.69. The quantitative estimate of drug-likeness (QED) is 0.744. The van der Waals surface area contributed by atoms with Crippen LogP contribution in [0, 0.1) is 0 Å².